The van der Waals surface area contributed by atoms with E-state index in [9.17, 15) is 9.59 Å². The predicted octanol–water partition coefficient (Wildman–Crippen LogP) is 1.38. The molecule has 0 radical (unpaired) electrons. The van der Waals surface area contributed by atoms with Crippen LogP contribution in [0.25, 0.3) is 16.9 Å². The molecule has 1 N–H and O–H groups in total. The second-order valence-corrected chi connectivity index (χ2v) is 6.83. The number of aromatic amines is 1. The molecule has 4 aromatic rings. The van der Waals surface area contributed by atoms with Gasteiger partial charge < -0.3 is 4.57 Å². The first kappa shape index (κ1) is 17.4. The van der Waals surface area contributed by atoms with Crippen molar-refractivity contribution in [2.45, 2.75) is 6.54 Å². The summed E-state index contributed by atoms with van der Waals surface area (Å²) in [6.45, 7) is 0.236. The van der Waals surface area contributed by atoms with E-state index >= 15 is 0 Å². The Morgan fingerprint density at radius 3 is 2.56 bits per heavy atom. The van der Waals surface area contributed by atoms with E-state index in [2.05, 4.69) is 15.2 Å². The third kappa shape index (κ3) is 2.73. The van der Waals surface area contributed by atoms with E-state index in [1.807, 2.05) is 12.1 Å². The summed E-state index contributed by atoms with van der Waals surface area (Å²) in [6.07, 6.45) is 1.51. The fourth-order valence-electron chi connectivity index (χ4n) is 2.96. The van der Waals surface area contributed by atoms with Crippen LogP contribution in [0.5, 0.6) is 0 Å². The zero-order valence-electron chi connectivity index (χ0n) is 14.4. The van der Waals surface area contributed by atoms with Crippen molar-refractivity contribution >= 4 is 35.0 Å². The number of hydrogen-bond acceptors (Lipinski definition) is 5. The van der Waals surface area contributed by atoms with Gasteiger partial charge in [-0.2, -0.15) is 5.10 Å². The van der Waals surface area contributed by atoms with Crippen molar-refractivity contribution in [2.24, 2.45) is 14.1 Å². The molecule has 3 aromatic heterocycles. The quantitative estimate of drug-likeness (QED) is 0.521. The van der Waals surface area contributed by atoms with Gasteiger partial charge in [-0.1, -0.05) is 11.6 Å². The highest BCUT2D eigenvalue weighted by atomic mass is 35.5. The number of halogens is 1. The number of nitrogens with zero attached hydrogens (tertiary/aromatic N) is 6. The summed E-state index contributed by atoms with van der Waals surface area (Å²) in [5, 5.41) is 7.65. The second-order valence-electron chi connectivity index (χ2n) is 6.01. The van der Waals surface area contributed by atoms with Gasteiger partial charge in [-0.3, -0.25) is 23.6 Å². The first-order chi connectivity index (χ1) is 12.9. The zero-order chi connectivity index (χ0) is 19.3. The molecule has 0 bridgehead atoms. The van der Waals surface area contributed by atoms with Gasteiger partial charge in [0.15, 0.2) is 21.8 Å². The molecule has 0 amide bonds. The zero-order valence-corrected chi connectivity index (χ0v) is 16.0. The molecule has 0 saturated carbocycles. The first-order valence-electron chi connectivity index (χ1n) is 7.91. The number of aromatic nitrogens is 7. The Bertz CT molecular complexity index is 1340. The smallest absolute Gasteiger partial charge is 0.317 e. The molecule has 138 valence electrons. The van der Waals surface area contributed by atoms with E-state index in [0.717, 1.165) is 10.3 Å². The lowest BCUT2D eigenvalue weighted by atomic mass is 10.3. The highest BCUT2D eigenvalue weighted by Gasteiger charge is 2.16. The number of fused-ring (bicyclic) bond motifs is 1. The number of imidazole rings is 1. The van der Waals surface area contributed by atoms with E-state index in [1.165, 1.54) is 17.9 Å². The molecule has 0 aliphatic heterocycles. The summed E-state index contributed by atoms with van der Waals surface area (Å²) >= 11 is 11.3. The van der Waals surface area contributed by atoms with Crippen molar-refractivity contribution in [1.29, 1.82) is 0 Å². The average Bonchev–Trinajstić information content (AvgIpc) is 3.23. The molecule has 4 rings (SSSR count). The fourth-order valence-corrected chi connectivity index (χ4v) is 3.34. The van der Waals surface area contributed by atoms with Crippen LogP contribution in [0.1, 0.15) is 5.82 Å². The van der Waals surface area contributed by atoms with E-state index in [1.54, 1.807) is 28.3 Å². The molecule has 27 heavy (non-hydrogen) atoms. The Balaban J connectivity index is 1.88. The van der Waals surface area contributed by atoms with E-state index < -0.39 is 11.2 Å². The van der Waals surface area contributed by atoms with Crippen molar-refractivity contribution < 1.29 is 0 Å². The maximum Gasteiger partial charge on any atom is 0.332 e. The number of aryl methyl sites for hydroxylation is 1. The van der Waals surface area contributed by atoms with Crippen molar-refractivity contribution in [2.75, 3.05) is 0 Å². The Kier molecular flexibility index (Phi) is 4.08. The summed E-state index contributed by atoms with van der Waals surface area (Å²) in [4.78, 5) is 28.9. The highest BCUT2D eigenvalue weighted by molar-refractivity contribution is 7.71. The first-order valence-corrected chi connectivity index (χ1v) is 8.70. The van der Waals surface area contributed by atoms with E-state index in [-0.39, 0.29) is 6.54 Å². The monoisotopic (exact) mass is 403 g/mol. The Morgan fingerprint density at radius 2 is 1.85 bits per heavy atom. The van der Waals surface area contributed by atoms with Gasteiger partial charge in [-0.05, 0) is 36.5 Å². The second kappa shape index (κ2) is 6.32. The minimum atomic E-state index is -0.429. The molecular formula is C16H14ClN7O2S. The number of H-pyrrole nitrogens is 1. The summed E-state index contributed by atoms with van der Waals surface area (Å²) in [6, 6.07) is 7.17. The summed E-state index contributed by atoms with van der Waals surface area (Å²) in [7, 11) is 3.01. The molecule has 3 heterocycles. The molecule has 9 nitrogen and oxygen atoms in total. The fraction of sp³-hybridized carbons (Fsp3) is 0.188. The standard InChI is InChI=1S/C16H14ClN7O2S/c1-21-13-12(14(25)22(2)16(21)26)23(8-18-13)7-11-19-20-15(27)24(11)10-5-3-9(17)4-6-10/h3-6,8H,7H2,1-2H3,(H,20,27). The largest absolute Gasteiger partial charge is 0.332 e. The van der Waals surface area contributed by atoms with Gasteiger partial charge in [0.1, 0.15) is 0 Å². The van der Waals surface area contributed by atoms with Crippen LogP contribution in [0.2, 0.25) is 5.02 Å². The Morgan fingerprint density at radius 1 is 1.15 bits per heavy atom. The van der Waals surface area contributed by atoms with E-state index in [0.29, 0.717) is 26.8 Å². The highest BCUT2D eigenvalue weighted by Crippen LogP contribution is 2.17. The van der Waals surface area contributed by atoms with Crippen LogP contribution in [0.3, 0.4) is 0 Å². The minimum absolute atomic E-state index is 0.236. The Hall–Kier alpha value is -2.98. The molecule has 0 saturated heterocycles. The average molecular weight is 404 g/mol. The number of benzene rings is 1. The van der Waals surface area contributed by atoms with Gasteiger partial charge in [0.05, 0.1) is 12.9 Å². The summed E-state index contributed by atoms with van der Waals surface area (Å²) < 4.78 is 6.20. The van der Waals surface area contributed by atoms with Crippen molar-refractivity contribution in [3.8, 4) is 5.69 Å². The molecule has 0 spiro atoms. The topological polar surface area (TPSA) is 95.4 Å². The van der Waals surface area contributed by atoms with Crippen LogP contribution in [-0.2, 0) is 20.6 Å². The van der Waals surface area contributed by atoms with Crippen LogP contribution >= 0.6 is 23.8 Å². The number of rotatable bonds is 3. The summed E-state index contributed by atoms with van der Waals surface area (Å²) in [5.41, 5.74) is 0.573. The third-order valence-corrected chi connectivity index (χ3v) is 4.88. The molecular weight excluding hydrogens is 390 g/mol. The normalized spacial score (nSPS) is 11.4. The van der Waals surface area contributed by atoms with Crippen molar-refractivity contribution in [3.63, 3.8) is 0 Å². The maximum atomic E-state index is 12.6. The minimum Gasteiger partial charge on any atom is -0.317 e. The van der Waals surface area contributed by atoms with Gasteiger partial charge in [0, 0.05) is 24.8 Å². The lowest BCUT2D eigenvalue weighted by molar-refractivity contribution is 0.695. The molecule has 0 atom stereocenters. The third-order valence-electron chi connectivity index (χ3n) is 4.36. The molecule has 0 unspecified atom stereocenters. The van der Waals surface area contributed by atoms with E-state index in [4.69, 9.17) is 23.8 Å². The van der Waals surface area contributed by atoms with Gasteiger partial charge in [-0.25, -0.2) is 9.78 Å². The molecule has 0 aliphatic rings. The van der Waals surface area contributed by atoms with Crippen molar-refractivity contribution in [1.82, 2.24) is 33.4 Å². The van der Waals surface area contributed by atoms with Gasteiger partial charge >= 0.3 is 5.69 Å². The lowest BCUT2D eigenvalue weighted by Crippen LogP contribution is -2.37. The number of hydrogen-bond donors (Lipinski definition) is 1. The van der Waals surface area contributed by atoms with Crippen LogP contribution in [-0.4, -0.2) is 33.4 Å². The molecule has 11 heteroatoms. The maximum absolute atomic E-state index is 12.6. The van der Waals surface area contributed by atoms with Gasteiger partial charge in [0.2, 0.25) is 0 Å². The van der Waals surface area contributed by atoms with Gasteiger partial charge in [0.25, 0.3) is 5.56 Å². The van der Waals surface area contributed by atoms with Crippen LogP contribution in [0, 0.1) is 4.77 Å². The van der Waals surface area contributed by atoms with Crippen LogP contribution < -0.4 is 11.2 Å². The van der Waals surface area contributed by atoms with Crippen LogP contribution in [0.4, 0.5) is 0 Å². The van der Waals surface area contributed by atoms with Crippen molar-refractivity contribution in [3.05, 3.63) is 67.0 Å². The summed E-state index contributed by atoms with van der Waals surface area (Å²) in [5.74, 6) is 0.581. The van der Waals surface area contributed by atoms with Gasteiger partial charge in [-0.15, -0.1) is 0 Å². The van der Waals surface area contributed by atoms with Crippen LogP contribution in [0.15, 0.2) is 40.2 Å². The Labute approximate surface area is 162 Å². The molecule has 0 aliphatic carbocycles. The predicted molar refractivity (Wildman–Crippen MR) is 103 cm³/mol. The molecule has 0 fully saturated rings. The lowest BCUT2D eigenvalue weighted by Gasteiger charge is -2.09. The molecule has 1 aromatic carbocycles. The SMILES string of the molecule is Cn1c(=O)c2c(ncn2Cc2n[nH]c(=S)n2-c2ccc(Cl)cc2)n(C)c1=O. The number of nitrogens with one attached hydrogen (secondary N) is 1.